The van der Waals surface area contributed by atoms with Gasteiger partial charge >= 0.3 is 11.9 Å². The maximum absolute atomic E-state index is 12.1. The summed E-state index contributed by atoms with van der Waals surface area (Å²) in [5.74, 6) is -3.05. The molecule has 2 aromatic rings. The van der Waals surface area contributed by atoms with Crippen LogP contribution in [0, 0.1) is 0 Å². The number of aromatic amines is 1. The lowest BCUT2D eigenvalue weighted by Crippen LogP contribution is -2.22. The van der Waals surface area contributed by atoms with E-state index in [2.05, 4.69) is 4.98 Å². The SMILES string of the molecule is O=C(O)CCC(=O)c1c(CO)c2ccc(C(=O)O)cc2[nH]c1=O. The summed E-state index contributed by atoms with van der Waals surface area (Å²) in [6.07, 6.45) is -0.802. The number of pyridine rings is 1. The number of nitrogens with one attached hydrogen (secondary N) is 1. The van der Waals surface area contributed by atoms with Crippen LogP contribution >= 0.6 is 0 Å². The van der Waals surface area contributed by atoms with Gasteiger partial charge in [0.1, 0.15) is 0 Å². The zero-order valence-corrected chi connectivity index (χ0v) is 11.8. The average molecular weight is 319 g/mol. The molecule has 0 amide bonds. The van der Waals surface area contributed by atoms with Gasteiger partial charge in [-0.05, 0) is 12.1 Å². The number of hydrogen-bond acceptors (Lipinski definition) is 5. The predicted molar refractivity (Wildman–Crippen MR) is 78.7 cm³/mol. The number of aromatic nitrogens is 1. The number of hydrogen-bond donors (Lipinski definition) is 4. The van der Waals surface area contributed by atoms with Crippen LogP contribution in [0.5, 0.6) is 0 Å². The number of carboxylic acid groups (broad SMARTS) is 2. The summed E-state index contributed by atoms with van der Waals surface area (Å²) in [5.41, 5.74) is -0.921. The molecule has 4 N–H and O–H groups in total. The molecule has 0 aliphatic rings. The van der Waals surface area contributed by atoms with Gasteiger partial charge < -0.3 is 20.3 Å². The molecule has 0 atom stereocenters. The Hall–Kier alpha value is -3.00. The fourth-order valence-corrected chi connectivity index (χ4v) is 2.30. The van der Waals surface area contributed by atoms with Crippen LogP contribution in [0.25, 0.3) is 10.9 Å². The Balaban J connectivity index is 2.62. The molecule has 0 saturated carbocycles. The minimum atomic E-state index is -1.18. The van der Waals surface area contributed by atoms with Crippen LogP contribution in [0.4, 0.5) is 0 Å². The molecule has 0 fully saturated rings. The second-order valence-corrected chi connectivity index (χ2v) is 4.85. The molecule has 0 bridgehead atoms. The Kier molecular flexibility index (Phi) is 4.56. The maximum Gasteiger partial charge on any atom is 0.335 e. The molecule has 23 heavy (non-hydrogen) atoms. The van der Waals surface area contributed by atoms with Crippen molar-refractivity contribution in [2.45, 2.75) is 19.4 Å². The van der Waals surface area contributed by atoms with E-state index in [1.54, 1.807) is 0 Å². The van der Waals surface area contributed by atoms with Gasteiger partial charge in [0.05, 0.1) is 24.2 Å². The van der Waals surface area contributed by atoms with Crippen LogP contribution in [0.1, 0.15) is 39.1 Å². The number of aliphatic carboxylic acids is 1. The van der Waals surface area contributed by atoms with Crippen molar-refractivity contribution in [1.82, 2.24) is 4.98 Å². The number of H-pyrrole nitrogens is 1. The van der Waals surface area contributed by atoms with E-state index in [4.69, 9.17) is 10.2 Å². The highest BCUT2D eigenvalue weighted by Crippen LogP contribution is 2.21. The van der Waals surface area contributed by atoms with E-state index in [-0.39, 0.29) is 28.6 Å². The predicted octanol–water partition coefficient (Wildman–Crippen LogP) is 0.766. The smallest absolute Gasteiger partial charge is 0.335 e. The van der Waals surface area contributed by atoms with Crippen molar-refractivity contribution in [3.8, 4) is 0 Å². The van der Waals surface area contributed by atoms with Crippen molar-refractivity contribution in [3.63, 3.8) is 0 Å². The second kappa shape index (κ2) is 6.41. The number of carboxylic acids is 2. The molecule has 1 aromatic carbocycles. The van der Waals surface area contributed by atoms with Gasteiger partial charge in [0, 0.05) is 22.9 Å². The monoisotopic (exact) mass is 319 g/mol. The number of rotatable bonds is 6. The maximum atomic E-state index is 12.1. The third kappa shape index (κ3) is 3.27. The Morgan fingerprint density at radius 1 is 1.09 bits per heavy atom. The lowest BCUT2D eigenvalue weighted by molar-refractivity contribution is -0.136. The molecule has 1 heterocycles. The van der Waals surface area contributed by atoms with Crippen molar-refractivity contribution in [2.75, 3.05) is 0 Å². The topological polar surface area (TPSA) is 145 Å². The first-order valence-electron chi connectivity index (χ1n) is 6.63. The summed E-state index contributed by atoms with van der Waals surface area (Å²) in [7, 11) is 0. The van der Waals surface area contributed by atoms with Gasteiger partial charge in [-0.25, -0.2) is 4.79 Å². The number of benzene rings is 1. The van der Waals surface area contributed by atoms with Crippen LogP contribution in [0.15, 0.2) is 23.0 Å². The molecule has 1 aromatic heterocycles. The minimum absolute atomic E-state index is 0.0519. The molecule has 8 nitrogen and oxygen atoms in total. The lowest BCUT2D eigenvalue weighted by atomic mass is 9.98. The van der Waals surface area contributed by atoms with Crippen molar-refractivity contribution in [2.24, 2.45) is 0 Å². The summed E-state index contributed by atoms with van der Waals surface area (Å²) in [6.45, 7) is -0.610. The van der Waals surface area contributed by atoms with Gasteiger partial charge in [-0.1, -0.05) is 6.07 Å². The number of carbonyl (C=O) groups excluding carboxylic acids is 1. The van der Waals surface area contributed by atoms with E-state index in [9.17, 15) is 24.3 Å². The van der Waals surface area contributed by atoms with Gasteiger partial charge in [-0.2, -0.15) is 0 Å². The number of carbonyl (C=O) groups is 3. The molecule has 0 radical (unpaired) electrons. The molecule has 0 aliphatic heterocycles. The fraction of sp³-hybridized carbons (Fsp3) is 0.200. The minimum Gasteiger partial charge on any atom is -0.481 e. The first-order chi connectivity index (χ1) is 10.8. The second-order valence-electron chi connectivity index (χ2n) is 4.85. The highest BCUT2D eigenvalue weighted by atomic mass is 16.4. The summed E-state index contributed by atoms with van der Waals surface area (Å²) >= 11 is 0. The van der Waals surface area contributed by atoms with E-state index in [1.807, 2.05) is 0 Å². The summed E-state index contributed by atoms with van der Waals surface area (Å²) in [5, 5.41) is 27.4. The molecule has 8 heteroatoms. The van der Waals surface area contributed by atoms with Crippen molar-refractivity contribution in [3.05, 3.63) is 45.2 Å². The van der Waals surface area contributed by atoms with Crippen LogP contribution in [0.2, 0.25) is 0 Å². The molecular formula is C15H13NO7. The van der Waals surface area contributed by atoms with E-state index in [1.165, 1.54) is 18.2 Å². The molecule has 0 aliphatic carbocycles. The van der Waals surface area contributed by atoms with Crippen LogP contribution in [-0.2, 0) is 11.4 Å². The fourth-order valence-electron chi connectivity index (χ4n) is 2.30. The van der Waals surface area contributed by atoms with Crippen molar-refractivity contribution < 1.29 is 29.7 Å². The average Bonchev–Trinajstić information content (AvgIpc) is 2.50. The Morgan fingerprint density at radius 2 is 1.78 bits per heavy atom. The number of aliphatic hydroxyl groups excluding tert-OH is 1. The van der Waals surface area contributed by atoms with Crippen molar-refractivity contribution in [1.29, 1.82) is 0 Å². The van der Waals surface area contributed by atoms with Crippen LogP contribution < -0.4 is 5.56 Å². The molecule has 120 valence electrons. The van der Waals surface area contributed by atoms with Gasteiger partial charge in [0.25, 0.3) is 5.56 Å². The summed E-state index contributed by atoms with van der Waals surface area (Å²) in [4.78, 5) is 48.1. The van der Waals surface area contributed by atoms with Gasteiger partial charge in [0.2, 0.25) is 0 Å². The standard InChI is InChI=1S/C15H13NO7/c17-6-9-8-2-1-7(15(22)23)5-10(8)16-14(21)13(9)11(18)3-4-12(19)20/h1-2,5,17H,3-4,6H2,(H,16,21)(H,19,20)(H,22,23). The molecule has 0 spiro atoms. The molecule has 0 unspecified atom stereocenters. The highest BCUT2D eigenvalue weighted by molar-refractivity contribution is 6.03. The highest BCUT2D eigenvalue weighted by Gasteiger charge is 2.20. The van der Waals surface area contributed by atoms with Crippen LogP contribution in [-0.4, -0.2) is 38.0 Å². The van der Waals surface area contributed by atoms with Gasteiger partial charge in [0.15, 0.2) is 5.78 Å². The van der Waals surface area contributed by atoms with E-state index < -0.39 is 36.3 Å². The summed E-state index contributed by atoms with van der Waals surface area (Å²) < 4.78 is 0. The van der Waals surface area contributed by atoms with Crippen LogP contribution in [0.3, 0.4) is 0 Å². The first-order valence-corrected chi connectivity index (χ1v) is 6.63. The molecule has 0 saturated heterocycles. The zero-order valence-electron chi connectivity index (χ0n) is 11.8. The molecule has 2 rings (SSSR count). The normalized spacial score (nSPS) is 10.7. The van der Waals surface area contributed by atoms with E-state index in [0.29, 0.717) is 5.39 Å². The quantitative estimate of drug-likeness (QED) is 0.575. The number of aliphatic hydroxyl groups is 1. The van der Waals surface area contributed by atoms with E-state index in [0.717, 1.165) is 0 Å². The number of aromatic carboxylic acids is 1. The van der Waals surface area contributed by atoms with Crippen molar-refractivity contribution >= 4 is 28.6 Å². The van der Waals surface area contributed by atoms with Gasteiger partial charge in [-0.3, -0.25) is 14.4 Å². The number of fused-ring (bicyclic) bond motifs is 1. The molecular weight excluding hydrogens is 306 g/mol. The largest absolute Gasteiger partial charge is 0.481 e. The summed E-state index contributed by atoms with van der Waals surface area (Å²) in [6, 6.07) is 3.89. The third-order valence-electron chi connectivity index (χ3n) is 3.37. The number of Topliss-reactive ketones (excluding diaryl/α,β-unsaturated/α-hetero) is 1. The third-order valence-corrected chi connectivity index (χ3v) is 3.37. The van der Waals surface area contributed by atoms with Gasteiger partial charge in [-0.15, -0.1) is 0 Å². The number of ketones is 1. The Morgan fingerprint density at radius 3 is 2.35 bits per heavy atom. The van der Waals surface area contributed by atoms with E-state index >= 15 is 0 Å². The lowest BCUT2D eigenvalue weighted by Gasteiger charge is -2.10. The zero-order chi connectivity index (χ0) is 17.1. The first kappa shape index (κ1) is 16.4. The Labute approximate surface area is 129 Å². The Bertz CT molecular complexity index is 866.